The van der Waals surface area contributed by atoms with E-state index in [0.29, 0.717) is 28.5 Å². The molecule has 0 amide bonds. The Kier molecular flexibility index (Phi) is 4.23. The zero-order valence-electron chi connectivity index (χ0n) is 10.6. The minimum absolute atomic E-state index is 0.435. The number of aromatic nitrogens is 2. The van der Waals surface area contributed by atoms with Crippen LogP contribution in [0.3, 0.4) is 0 Å². The highest BCUT2D eigenvalue weighted by atomic mass is 16.5. The molecular weight excluding hydrogens is 260 g/mol. The highest BCUT2D eigenvalue weighted by Gasteiger charge is 2.06. The van der Waals surface area contributed by atoms with Crippen LogP contribution in [0.5, 0.6) is 5.75 Å². The van der Waals surface area contributed by atoms with Crippen molar-refractivity contribution in [3.8, 4) is 17.1 Å². The van der Waals surface area contributed by atoms with Gasteiger partial charge < -0.3 is 15.2 Å². The van der Waals surface area contributed by atoms with Crippen molar-refractivity contribution in [2.24, 2.45) is 10.3 Å². The van der Waals surface area contributed by atoms with Crippen molar-refractivity contribution in [1.82, 2.24) is 9.97 Å². The highest BCUT2D eigenvalue weighted by molar-refractivity contribution is 5.80. The molecule has 0 saturated heterocycles. The van der Waals surface area contributed by atoms with E-state index in [0.717, 1.165) is 0 Å². The molecule has 102 valence electrons. The highest BCUT2D eigenvalue weighted by Crippen LogP contribution is 2.21. The first-order valence-corrected chi connectivity index (χ1v) is 5.65. The molecule has 0 unspecified atom stereocenters. The Morgan fingerprint density at radius 1 is 1.00 bits per heavy atom. The number of hydrogen-bond donors (Lipinski definition) is 2. The Labute approximate surface area is 114 Å². The summed E-state index contributed by atoms with van der Waals surface area (Å²) < 4.78 is 5.16. The van der Waals surface area contributed by atoms with Crippen LogP contribution < -0.4 is 4.74 Å². The van der Waals surface area contributed by atoms with Gasteiger partial charge in [-0.15, -0.1) is 0 Å². The maximum absolute atomic E-state index is 8.59. The molecule has 7 nitrogen and oxygen atoms in total. The minimum Gasteiger partial charge on any atom is -0.497 e. The first-order valence-electron chi connectivity index (χ1n) is 5.65. The third-order valence-corrected chi connectivity index (χ3v) is 2.47. The largest absolute Gasteiger partial charge is 0.497 e. The van der Waals surface area contributed by atoms with E-state index in [1.54, 1.807) is 30.3 Å². The monoisotopic (exact) mass is 272 g/mol. The molecule has 0 spiro atoms. The van der Waals surface area contributed by atoms with Crippen LogP contribution in [0.4, 0.5) is 0 Å². The van der Waals surface area contributed by atoms with Crippen molar-refractivity contribution < 1.29 is 15.2 Å². The number of oxime groups is 2. The van der Waals surface area contributed by atoms with E-state index in [4.69, 9.17) is 15.2 Å². The lowest BCUT2D eigenvalue weighted by Crippen LogP contribution is -1.97. The molecule has 0 fully saturated rings. The number of nitrogens with zero attached hydrogens (tertiary/aromatic N) is 4. The first-order chi connectivity index (χ1) is 9.76. The summed E-state index contributed by atoms with van der Waals surface area (Å²) in [6, 6.07) is 8.55. The van der Waals surface area contributed by atoms with Gasteiger partial charge in [-0.3, -0.25) is 0 Å². The molecule has 0 saturated carbocycles. The first kappa shape index (κ1) is 13.5. The van der Waals surface area contributed by atoms with Gasteiger partial charge in [0.25, 0.3) is 0 Å². The average Bonchev–Trinajstić information content (AvgIpc) is 2.48. The van der Waals surface area contributed by atoms with Crippen LogP contribution in [0.15, 0.2) is 40.6 Å². The second-order valence-electron chi connectivity index (χ2n) is 3.75. The molecule has 0 aliphatic heterocycles. The Balaban J connectivity index is 2.50. The number of hydrogen-bond acceptors (Lipinski definition) is 7. The number of rotatable bonds is 4. The summed E-state index contributed by atoms with van der Waals surface area (Å²) in [5, 5.41) is 23.0. The van der Waals surface area contributed by atoms with Gasteiger partial charge in [-0.2, -0.15) is 0 Å². The van der Waals surface area contributed by atoms with Crippen LogP contribution >= 0.6 is 0 Å². The molecule has 2 aromatic heterocycles. The minimum atomic E-state index is 0.435. The second kappa shape index (κ2) is 6.28. The van der Waals surface area contributed by atoms with E-state index in [-0.39, 0.29) is 0 Å². The molecule has 0 aliphatic rings. The van der Waals surface area contributed by atoms with Crippen molar-refractivity contribution >= 4 is 12.4 Å². The van der Waals surface area contributed by atoms with Crippen molar-refractivity contribution in [3.05, 3.63) is 41.7 Å². The van der Waals surface area contributed by atoms with Gasteiger partial charge >= 0.3 is 0 Å². The maximum Gasteiger partial charge on any atom is 0.123 e. The zero-order chi connectivity index (χ0) is 14.4. The second-order valence-corrected chi connectivity index (χ2v) is 3.75. The molecule has 7 heteroatoms. The van der Waals surface area contributed by atoms with E-state index in [1.165, 1.54) is 19.5 Å². The Hall–Kier alpha value is -2.96. The predicted octanol–water partition coefficient (Wildman–Crippen LogP) is 1.77. The van der Waals surface area contributed by atoms with E-state index in [9.17, 15) is 0 Å². The van der Waals surface area contributed by atoms with Crippen LogP contribution in [0.2, 0.25) is 0 Å². The number of ether oxygens (including phenoxy) is 1. The molecule has 20 heavy (non-hydrogen) atoms. The van der Waals surface area contributed by atoms with E-state index >= 15 is 0 Å². The van der Waals surface area contributed by atoms with Crippen molar-refractivity contribution in [1.29, 1.82) is 0 Å². The van der Waals surface area contributed by atoms with Gasteiger partial charge in [0.1, 0.15) is 5.75 Å². The fourth-order valence-electron chi connectivity index (χ4n) is 1.63. The maximum atomic E-state index is 8.59. The van der Waals surface area contributed by atoms with Crippen LogP contribution in [-0.2, 0) is 0 Å². The number of methoxy groups -OCH3 is 1. The van der Waals surface area contributed by atoms with E-state index in [1.807, 2.05) is 0 Å². The third-order valence-electron chi connectivity index (χ3n) is 2.47. The average molecular weight is 272 g/mol. The lowest BCUT2D eigenvalue weighted by molar-refractivity contribution is 0.321. The summed E-state index contributed by atoms with van der Waals surface area (Å²) in [4.78, 5) is 8.56. The van der Waals surface area contributed by atoms with Crippen LogP contribution in [0.1, 0.15) is 11.4 Å². The summed E-state index contributed by atoms with van der Waals surface area (Å²) in [6.07, 6.45) is 2.42. The van der Waals surface area contributed by atoms with Gasteiger partial charge in [0.05, 0.1) is 42.3 Å². The molecule has 0 aromatic carbocycles. The fourth-order valence-corrected chi connectivity index (χ4v) is 1.63. The summed E-state index contributed by atoms with van der Waals surface area (Å²) in [5.74, 6) is 0.563. The SMILES string of the molecule is COc1cc(/C=N/O)nc(-c2cccc(C=NO)n2)c1. The summed E-state index contributed by atoms with van der Waals surface area (Å²) in [5.41, 5.74) is 2.05. The van der Waals surface area contributed by atoms with Gasteiger partial charge in [0.2, 0.25) is 0 Å². The normalized spacial score (nSPS) is 11.2. The Morgan fingerprint density at radius 2 is 1.70 bits per heavy atom. The molecule has 2 rings (SSSR count). The van der Waals surface area contributed by atoms with Gasteiger partial charge in [-0.05, 0) is 12.1 Å². The van der Waals surface area contributed by atoms with Gasteiger partial charge in [0.15, 0.2) is 0 Å². The molecule has 2 heterocycles. The molecule has 2 N–H and O–H groups in total. The molecule has 0 bridgehead atoms. The topological polar surface area (TPSA) is 100 Å². The van der Waals surface area contributed by atoms with E-state index in [2.05, 4.69) is 20.3 Å². The molecule has 0 radical (unpaired) electrons. The van der Waals surface area contributed by atoms with Crippen molar-refractivity contribution in [2.45, 2.75) is 0 Å². The van der Waals surface area contributed by atoms with Gasteiger partial charge in [0, 0.05) is 12.1 Å². The van der Waals surface area contributed by atoms with Crippen molar-refractivity contribution in [3.63, 3.8) is 0 Å². The van der Waals surface area contributed by atoms with E-state index < -0.39 is 0 Å². The molecular formula is C13H12N4O3. The summed E-state index contributed by atoms with van der Waals surface area (Å²) >= 11 is 0. The summed E-state index contributed by atoms with van der Waals surface area (Å²) in [6.45, 7) is 0. The smallest absolute Gasteiger partial charge is 0.123 e. The predicted molar refractivity (Wildman–Crippen MR) is 72.8 cm³/mol. The molecule has 0 aliphatic carbocycles. The van der Waals surface area contributed by atoms with Gasteiger partial charge in [-0.25, -0.2) is 9.97 Å². The Morgan fingerprint density at radius 3 is 2.40 bits per heavy atom. The van der Waals surface area contributed by atoms with Crippen LogP contribution in [-0.4, -0.2) is 39.9 Å². The standard InChI is InChI=1S/C13H12N4O3/c1-20-11-5-10(8-15-19)17-13(6-11)12-4-2-3-9(16-12)7-14-18/h2-8,18-19H,1H3/b14-7?,15-8+. The number of pyridine rings is 2. The lowest BCUT2D eigenvalue weighted by atomic mass is 10.2. The van der Waals surface area contributed by atoms with Crippen LogP contribution in [0.25, 0.3) is 11.4 Å². The molecule has 0 atom stereocenters. The third kappa shape index (κ3) is 3.08. The van der Waals surface area contributed by atoms with Crippen LogP contribution in [0, 0.1) is 0 Å². The Bertz CT molecular complexity index is 656. The van der Waals surface area contributed by atoms with Crippen molar-refractivity contribution in [2.75, 3.05) is 7.11 Å². The fraction of sp³-hybridized carbons (Fsp3) is 0.0769. The lowest BCUT2D eigenvalue weighted by Gasteiger charge is -2.06. The summed E-state index contributed by atoms with van der Waals surface area (Å²) in [7, 11) is 1.53. The zero-order valence-corrected chi connectivity index (χ0v) is 10.6. The van der Waals surface area contributed by atoms with Gasteiger partial charge in [-0.1, -0.05) is 16.4 Å². The molecule has 2 aromatic rings. The quantitative estimate of drug-likeness (QED) is 0.502.